The van der Waals surface area contributed by atoms with Gasteiger partial charge in [0.1, 0.15) is 12.3 Å². The van der Waals surface area contributed by atoms with E-state index in [9.17, 15) is 13.2 Å². The van der Waals surface area contributed by atoms with E-state index in [0.29, 0.717) is 16.5 Å². The third kappa shape index (κ3) is 4.90. The highest BCUT2D eigenvalue weighted by Gasteiger charge is 2.29. The Labute approximate surface area is 180 Å². The van der Waals surface area contributed by atoms with Gasteiger partial charge < -0.3 is 10.1 Å². The predicted octanol–water partition coefficient (Wildman–Crippen LogP) is 3.89. The molecule has 3 aromatic rings. The van der Waals surface area contributed by atoms with Crippen LogP contribution in [0.25, 0.3) is 0 Å². The number of pyridine rings is 1. The van der Waals surface area contributed by atoms with Crippen LogP contribution in [0, 0.1) is 6.92 Å². The van der Waals surface area contributed by atoms with Crippen molar-refractivity contribution >= 4 is 38.9 Å². The number of methoxy groups -OCH3 is 1. The molecule has 0 spiro atoms. The molecule has 1 N–H and O–H groups in total. The largest absolute Gasteiger partial charge is 0.495 e. The lowest BCUT2D eigenvalue weighted by molar-refractivity contribution is -0.114. The van der Waals surface area contributed by atoms with Crippen LogP contribution in [0.2, 0.25) is 5.02 Å². The Morgan fingerprint density at radius 3 is 2.53 bits per heavy atom. The molecule has 0 saturated heterocycles. The van der Waals surface area contributed by atoms with Crippen LogP contribution >= 0.6 is 11.6 Å². The van der Waals surface area contributed by atoms with Crippen molar-refractivity contribution in [2.45, 2.75) is 11.8 Å². The maximum atomic E-state index is 13.4. The first-order valence-electron chi connectivity index (χ1n) is 8.94. The van der Waals surface area contributed by atoms with Crippen molar-refractivity contribution in [1.82, 2.24) is 4.98 Å². The minimum absolute atomic E-state index is 0.00429. The topological polar surface area (TPSA) is 88.6 Å². The van der Waals surface area contributed by atoms with Crippen LogP contribution in [-0.2, 0) is 14.8 Å². The van der Waals surface area contributed by atoms with Gasteiger partial charge >= 0.3 is 0 Å². The number of aromatic nitrogens is 1. The van der Waals surface area contributed by atoms with Crippen molar-refractivity contribution in [3.8, 4) is 5.75 Å². The smallest absolute Gasteiger partial charge is 0.264 e. The SMILES string of the molecule is COc1ccc(C)cc1N(CC(=O)Nc1cccnc1)S(=O)(=O)c1ccc(Cl)cc1. The number of ether oxygens (including phenoxy) is 1. The van der Waals surface area contributed by atoms with Crippen molar-refractivity contribution in [3.05, 3.63) is 77.6 Å². The van der Waals surface area contributed by atoms with E-state index in [2.05, 4.69) is 10.3 Å². The highest BCUT2D eigenvalue weighted by molar-refractivity contribution is 7.92. The lowest BCUT2D eigenvalue weighted by Crippen LogP contribution is -2.38. The zero-order chi connectivity index (χ0) is 21.7. The molecule has 0 aliphatic carbocycles. The number of benzene rings is 2. The Hall–Kier alpha value is -3.10. The molecule has 0 radical (unpaired) electrons. The van der Waals surface area contributed by atoms with Crippen LogP contribution in [0.1, 0.15) is 5.56 Å². The second kappa shape index (κ2) is 9.15. The Kier molecular flexibility index (Phi) is 6.59. The van der Waals surface area contributed by atoms with E-state index >= 15 is 0 Å². The molecule has 0 fully saturated rings. The number of rotatable bonds is 7. The summed E-state index contributed by atoms with van der Waals surface area (Å²) in [5.74, 6) is -0.198. The highest BCUT2D eigenvalue weighted by atomic mass is 35.5. The van der Waals surface area contributed by atoms with Crippen LogP contribution in [0.5, 0.6) is 5.75 Å². The van der Waals surface area contributed by atoms with Crippen LogP contribution in [-0.4, -0.2) is 33.0 Å². The summed E-state index contributed by atoms with van der Waals surface area (Å²) in [6.45, 7) is 1.37. The van der Waals surface area contributed by atoms with Crippen LogP contribution in [0.3, 0.4) is 0 Å². The number of carbonyl (C=O) groups is 1. The maximum absolute atomic E-state index is 13.4. The summed E-state index contributed by atoms with van der Waals surface area (Å²) >= 11 is 5.90. The summed E-state index contributed by atoms with van der Waals surface area (Å²) in [5, 5.41) is 3.06. The van der Waals surface area contributed by atoms with Gasteiger partial charge in [-0.25, -0.2) is 8.42 Å². The average molecular weight is 446 g/mol. The fourth-order valence-electron chi connectivity index (χ4n) is 2.80. The highest BCUT2D eigenvalue weighted by Crippen LogP contribution is 2.33. The lowest BCUT2D eigenvalue weighted by atomic mass is 10.2. The first-order valence-corrected chi connectivity index (χ1v) is 10.8. The number of amides is 1. The fourth-order valence-corrected chi connectivity index (χ4v) is 4.35. The normalized spacial score (nSPS) is 11.0. The van der Waals surface area contributed by atoms with E-state index in [1.165, 1.54) is 37.6 Å². The molecule has 30 heavy (non-hydrogen) atoms. The number of hydrogen-bond donors (Lipinski definition) is 1. The number of aryl methyl sites for hydroxylation is 1. The van der Waals surface area contributed by atoms with Gasteiger partial charge in [-0.05, 0) is 61.0 Å². The van der Waals surface area contributed by atoms with E-state index in [1.54, 1.807) is 36.5 Å². The standard InChI is InChI=1S/C21H20ClN3O4S/c1-15-5-10-20(29-2)19(12-15)25(14-21(26)24-17-4-3-11-23-13-17)30(27,28)18-8-6-16(22)7-9-18/h3-13H,14H2,1-2H3,(H,24,26). The molecule has 0 saturated carbocycles. The molecule has 2 aromatic carbocycles. The van der Waals surface area contributed by atoms with Gasteiger partial charge in [0.05, 0.1) is 29.6 Å². The van der Waals surface area contributed by atoms with E-state index in [0.717, 1.165) is 9.87 Å². The number of nitrogens with one attached hydrogen (secondary N) is 1. The molecule has 0 atom stereocenters. The van der Waals surface area contributed by atoms with Crippen LogP contribution in [0.15, 0.2) is 71.9 Å². The van der Waals surface area contributed by atoms with Gasteiger partial charge in [-0.3, -0.25) is 14.1 Å². The van der Waals surface area contributed by atoms with Crippen molar-refractivity contribution in [3.63, 3.8) is 0 Å². The van der Waals surface area contributed by atoms with E-state index in [-0.39, 0.29) is 10.6 Å². The molecule has 3 rings (SSSR count). The third-order valence-electron chi connectivity index (χ3n) is 4.24. The Morgan fingerprint density at radius 1 is 1.17 bits per heavy atom. The van der Waals surface area contributed by atoms with Gasteiger partial charge in [0.2, 0.25) is 5.91 Å². The van der Waals surface area contributed by atoms with Gasteiger partial charge in [0.25, 0.3) is 10.0 Å². The zero-order valence-electron chi connectivity index (χ0n) is 16.4. The number of sulfonamides is 1. The minimum atomic E-state index is -4.09. The van der Waals surface area contributed by atoms with E-state index < -0.39 is 22.5 Å². The fraction of sp³-hybridized carbons (Fsp3) is 0.143. The summed E-state index contributed by atoms with van der Waals surface area (Å²) in [6.07, 6.45) is 3.05. The summed E-state index contributed by atoms with van der Waals surface area (Å²) in [4.78, 5) is 16.6. The monoisotopic (exact) mass is 445 g/mol. The molecule has 0 aliphatic rings. The van der Waals surface area contributed by atoms with Gasteiger partial charge in [-0.2, -0.15) is 0 Å². The average Bonchev–Trinajstić information content (AvgIpc) is 2.73. The number of halogens is 1. The van der Waals surface area contributed by atoms with Crippen molar-refractivity contribution in [2.75, 3.05) is 23.3 Å². The van der Waals surface area contributed by atoms with Crippen molar-refractivity contribution < 1.29 is 17.9 Å². The summed E-state index contributed by atoms with van der Waals surface area (Å²) < 4.78 is 33.3. The molecular weight excluding hydrogens is 426 g/mol. The Balaban J connectivity index is 2.04. The minimum Gasteiger partial charge on any atom is -0.495 e. The van der Waals surface area contributed by atoms with Gasteiger partial charge in [-0.1, -0.05) is 17.7 Å². The van der Waals surface area contributed by atoms with E-state index in [4.69, 9.17) is 16.3 Å². The third-order valence-corrected chi connectivity index (χ3v) is 6.26. The summed E-state index contributed by atoms with van der Waals surface area (Å²) in [6, 6.07) is 14.2. The first kappa shape index (κ1) is 21.6. The molecule has 1 heterocycles. The molecular formula is C21H20ClN3O4S. The predicted molar refractivity (Wildman–Crippen MR) is 117 cm³/mol. The quantitative estimate of drug-likeness (QED) is 0.596. The molecule has 0 unspecified atom stereocenters. The van der Waals surface area contributed by atoms with Crippen LogP contribution < -0.4 is 14.4 Å². The van der Waals surface area contributed by atoms with Crippen molar-refractivity contribution in [2.24, 2.45) is 0 Å². The number of carbonyl (C=O) groups excluding carboxylic acids is 1. The van der Waals surface area contributed by atoms with Gasteiger partial charge in [-0.15, -0.1) is 0 Å². The first-order chi connectivity index (χ1) is 14.3. The number of anilines is 2. The molecule has 7 nitrogen and oxygen atoms in total. The molecule has 156 valence electrons. The second-order valence-electron chi connectivity index (χ2n) is 6.43. The summed E-state index contributed by atoms with van der Waals surface area (Å²) in [5.41, 5.74) is 1.53. The van der Waals surface area contributed by atoms with Gasteiger partial charge in [0, 0.05) is 11.2 Å². The Morgan fingerprint density at radius 2 is 1.90 bits per heavy atom. The Bertz CT molecular complexity index is 1140. The maximum Gasteiger partial charge on any atom is 0.264 e. The van der Waals surface area contributed by atoms with Crippen LogP contribution in [0.4, 0.5) is 11.4 Å². The molecule has 0 aliphatic heterocycles. The number of hydrogen-bond acceptors (Lipinski definition) is 5. The molecule has 0 bridgehead atoms. The second-order valence-corrected chi connectivity index (χ2v) is 8.73. The molecule has 9 heteroatoms. The molecule has 1 amide bonds. The van der Waals surface area contributed by atoms with Gasteiger partial charge in [0.15, 0.2) is 0 Å². The zero-order valence-corrected chi connectivity index (χ0v) is 17.9. The lowest BCUT2D eigenvalue weighted by Gasteiger charge is -2.26. The molecule has 1 aromatic heterocycles. The number of nitrogens with zero attached hydrogens (tertiary/aromatic N) is 2. The van der Waals surface area contributed by atoms with Crippen molar-refractivity contribution in [1.29, 1.82) is 0 Å². The van der Waals surface area contributed by atoms with E-state index in [1.807, 2.05) is 6.92 Å². The summed E-state index contributed by atoms with van der Waals surface area (Å²) in [7, 11) is -2.65.